The zero-order valence-corrected chi connectivity index (χ0v) is 10.3. The van der Waals surface area contributed by atoms with Crippen molar-refractivity contribution in [3.05, 3.63) is 41.6 Å². The minimum atomic E-state index is 0.739. The van der Waals surface area contributed by atoms with Crippen LogP contribution in [0.25, 0.3) is 0 Å². The highest BCUT2D eigenvalue weighted by molar-refractivity contribution is 5.64. The standard InChI is InChI=1S/C13H18N4/c1-3-17-13(12(14)10(2)16-17)15-9-11-7-5-4-6-8-11/h4-8,15H,3,9,14H2,1-2H3. The van der Waals surface area contributed by atoms with Crippen LogP contribution in [0, 0.1) is 6.92 Å². The monoisotopic (exact) mass is 230 g/mol. The van der Waals surface area contributed by atoms with Crippen LogP contribution in [0.2, 0.25) is 0 Å². The molecule has 0 saturated heterocycles. The van der Waals surface area contributed by atoms with Crippen molar-refractivity contribution >= 4 is 11.5 Å². The van der Waals surface area contributed by atoms with Crippen LogP contribution in [0.3, 0.4) is 0 Å². The summed E-state index contributed by atoms with van der Waals surface area (Å²) in [4.78, 5) is 0. The lowest BCUT2D eigenvalue weighted by Gasteiger charge is -2.09. The van der Waals surface area contributed by atoms with Crippen molar-refractivity contribution in [3.8, 4) is 0 Å². The van der Waals surface area contributed by atoms with Gasteiger partial charge in [-0.05, 0) is 19.4 Å². The Hall–Kier alpha value is -1.97. The first-order valence-electron chi connectivity index (χ1n) is 5.83. The van der Waals surface area contributed by atoms with Gasteiger partial charge in [-0.3, -0.25) is 0 Å². The molecule has 0 aliphatic rings. The van der Waals surface area contributed by atoms with Crippen LogP contribution in [0.1, 0.15) is 18.2 Å². The van der Waals surface area contributed by atoms with Gasteiger partial charge in [0.1, 0.15) is 5.82 Å². The minimum Gasteiger partial charge on any atom is -0.394 e. The highest BCUT2D eigenvalue weighted by Crippen LogP contribution is 2.22. The number of benzene rings is 1. The van der Waals surface area contributed by atoms with Crippen LogP contribution in [0.15, 0.2) is 30.3 Å². The van der Waals surface area contributed by atoms with Crippen molar-refractivity contribution in [1.29, 1.82) is 0 Å². The molecule has 1 aromatic heterocycles. The van der Waals surface area contributed by atoms with Gasteiger partial charge in [0.2, 0.25) is 0 Å². The van der Waals surface area contributed by atoms with Gasteiger partial charge in [-0.15, -0.1) is 0 Å². The van der Waals surface area contributed by atoms with Gasteiger partial charge in [-0.2, -0.15) is 5.10 Å². The molecule has 1 heterocycles. The van der Waals surface area contributed by atoms with Gasteiger partial charge in [0, 0.05) is 13.1 Å². The first-order valence-corrected chi connectivity index (χ1v) is 5.83. The number of nitrogens with one attached hydrogen (secondary N) is 1. The SMILES string of the molecule is CCn1nc(C)c(N)c1NCc1ccccc1. The molecule has 0 unspecified atom stereocenters. The van der Waals surface area contributed by atoms with E-state index in [0.717, 1.165) is 30.3 Å². The molecular formula is C13H18N4. The Morgan fingerprint density at radius 2 is 2.00 bits per heavy atom. The molecule has 17 heavy (non-hydrogen) atoms. The number of nitrogens with two attached hydrogens (primary N) is 1. The summed E-state index contributed by atoms with van der Waals surface area (Å²) in [6.45, 7) is 5.56. The second-order valence-corrected chi connectivity index (χ2v) is 4.00. The Bertz CT molecular complexity index is 488. The largest absolute Gasteiger partial charge is 0.394 e. The molecule has 4 heteroatoms. The third kappa shape index (κ3) is 2.41. The van der Waals surface area contributed by atoms with Crippen LogP contribution in [0.5, 0.6) is 0 Å². The number of anilines is 2. The number of hydrogen-bond donors (Lipinski definition) is 2. The predicted molar refractivity (Wildman–Crippen MR) is 70.8 cm³/mol. The van der Waals surface area contributed by atoms with Crippen molar-refractivity contribution in [2.24, 2.45) is 0 Å². The molecule has 4 nitrogen and oxygen atoms in total. The molecule has 0 aliphatic carbocycles. The number of nitrogens with zero attached hydrogens (tertiary/aromatic N) is 2. The number of hydrogen-bond acceptors (Lipinski definition) is 3. The van der Waals surface area contributed by atoms with E-state index in [1.807, 2.05) is 29.8 Å². The zero-order chi connectivity index (χ0) is 12.3. The van der Waals surface area contributed by atoms with Crippen LogP contribution < -0.4 is 11.1 Å². The van der Waals surface area contributed by atoms with Crippen molar-refractivity contribution in [3.63, 3.8) is 0 Å². The van der Waals surface area contributed by atoms with E-state index < -0.39 is 0 Å². The zero-order valence-electron chi connectivity index (χ0n) is 10.3. The van der Waals surface area contributed by atoms with Gasteiger partial charge in [-0.1, -0.05) is 30.3 Å². The third-order valence-electron chi connectivity index (χ3n) is 2.78. The fraction of sp³-hybridized carbons (Fsp3) is 0.308. The second-order valence-electron chi connectivity index (χ2n) is 4.00. The van der Waals surface area contributed by atoms with E-state index in [1.54, 1.807) is 0 Å². The van der Waals surface area contributed by atoms with E-state index in [2.05, 4.69) is 29.5 Å². The van der Waals surface area contributed by atoms with Gasteiger partial charge in [-0.25, -0.2) is 4.68 Å². The van der Waals surface area contributed by atoms with E-state index in [-0.39, 0.29) is 0 Å². The average molecular weight is 230 g/mol. The van der Waals surface area contributed by atoms with Crippen molar-refractivity contribution in [2.75, 3.05) is 11.1 Å². The highest BCUT2D eigenvalue weighted by atomic mass is 15.3. The Balaban J connectivity index is 2.14. The molecule has 0 bridgehead atoms. The Morgan fingerprint density at radius 1 is 1.29 bits per heavy atom. The van der Waals surface area contributed by atoms with Crippen LogP contribution in [-0.2, 0) is 13.1 Å². The molecule has 2 aromatic rings. The molecule has 0 radical (unpaired) electrons. The molecule has 0 saturated carbocycles. The Kier molecular flexibility index (Phi) is 3.32. The topological polar surface area (TPSA) is 55.9 Å². The number of rotatable bonds is 4. The molecule has 90 valence electrons. The van der Waals surface area contributed by atoms with Crippen molar-refractivity contribution in [2.45, 2.75) is 26.9 Å². The normalized spacial score (nSPS) is 10.5. The van der Waals surface area contributed by atoms with Crippen molar-refractivity contribution in [1.82, 2.24) is 9.78 Å². The molecular weight excluding hydrogens is 212 g/mol. The average Bonchev–Trinajstić information content (AvgIpc) is 2.64. The molecule has 0 aliphatic heterocycles. The molecule has 0 spiro atoms. The summed E-state index contributed by atoms with van der Waals surface area (Å²) in [6, 6.07) is 10.2. The molecule has 2 rings (SSSR count). The van der Waals surface area contributed by atoms with Gasteiger partial charge in [0.25, 0.3) is 0 Å². The molecule has 0 amide bonds. The molecule has 3 N–H and O–H groups in total. The van der Waals surface area contributed by atoms with Crippen LogP contribution >= 0.6 is 0 Å². The van der Waals surface area contributed by atoms with Crippen LogP contribution in [-0.4, -0.2) is 9.78 Å². The predicted octanol–water partition coefficient (Wildman–Crippen LogP) is 2.41. The fourth-order valence-corrected chi connectivity index (χ4v) is 1.79. The summed E-state index contributed by atoms with van der Waals surface area (Å²) in [6.07, 6.45) is 0. The fourth-order valence-electron chi connectivity index (χ4n) is 1.79. The number of aromatic nitrogens is 2. The minimum absolute atomic E-state index is 0.739. The molecule has 1 aromatic carbocycles. The number of nitrogen functional groups attached to an aromatic ring is 1. The van der Waals surface area contributed by atoms with Gasteiger partial charge >= 0.3 is 0 Å². The quantitative estimate of drug-likeness (QED) is 0.848. The van der Waals surface area contributed by atoms with E-state index in [4.69, 9.17) is 5.73 Å². The molecule has 0 atom stereocenters. The Labute approximate surface area is 101 Å². The smallest absolute Gasteiger partial charge is 0.148 e. The van der Waals surface area contributed by atoms with Gasteiger partial charge in [0.15, 0.2) is 0 Å². The summed E-state index contributed by atoms with van der Waals surface area (Å²) in [5.74, 6) is 0.911. The lowest BCUT2D eigenvalue weighted by molar-refractivity contribution is 0.657. The number of aryl methyl sites for hydroxylation is 2. The summed E-state index contributed by atoms with van der Waals surface area (Å²) < 4.78 is 1.90. The lowest BCUT2D eigenvalue weighted by atomic mass is 10.2. The van der Waals surface area contributed by atoms with Crippen molar-refractivity contribution < 1.29 is 0 Å². The lowest BCUT2D eigenvalue weighted by Crippen LogP contribution is -2.08. The maximum absolute atomic E-state index is 6.00. The molecule has 0 fully saturated rings. The first kappa shape index (κ1) is 11.5. The van der Waals surface area contributed by atoms with Gasteiger partial charge in [0.05, 0.1) is 11.4 Å². The first-order chi connectivity index (χ1) is 8.22. The maximum atomic E-state index is 6.00. The summed E-state index contributed by atoms with van der Waals surface area (Å²) in [5, 5.41) is 7.72. The van der Waals surface area contributed by atoms with E-state index in [0.29, 0.717) is 0 Å². The summed E-state index contributed by atoms with van der Waals surface area (Å²) >= 11 is 0. The van der Waals surface area contributed by atoms with Gasteiger partial charge < -0.3 is 11.1 Å². The summed E-state index contributed by atoms with van der Waals surface area (Å²) in [5.41, 5.74) is 8.84. The van der Waals surface area contributed by atoms with E-state index in [1.165, 1.54) is 5.56 Å². The van der Waals surface area contributed by atoms with Crippen LogP contribution in [0.4, 0.5) is 11.5 Å². The summed E-state index contributed by atoms with van der Waals surface area (Å²) in [7, 11) is 0. The third-order valence-corrected chi connectivity index (χ3v) is 2.78. The maximum Gasteiger partial charge on any atom is 0.148 e. The van der Waals surface area contributed by atoms with E-state index in [9.17, 15) is 0 Å². The second kappa shape index (κ2) is 4.91. The Morgan fingerprint density at radius 3 is 2.65 bits per heavy atom. The van der Waals surface area contributed by atoms with E-state index >= 15 is 0 Å². The highest BCUT2D eigenvalue weighted by Gasteiger charge is 2.10.